The SMILES string of the molecule is CC1CCCCN1CC1CCCN(c2ncc(C(F)(F)F)s2)C1. The molecule has 2 atom stereocenters. The third-order valence-corrected chi connectivity index (χ3v) is 6.10. The molecule has 1 aromatic rings. The summed E-state index contributed by atoms with van der Waals surface area (Å²) in [5, 5.41) is 0.522. The second kappa shape index (κ2) is 6.97. The Balaban J connectivity index is 1.60. The average Bonchev–Trinajstić information content (AvgIpc) is 3.00. The van der Waals surface area contributed by atoms with E-state index < -0.39 is 11.1 Å². The van der Waals surface area contributed by atoms with E-state index in [9.17, 15) is 13.2 Å². The van der Waals surface area contributed by atoms with Gasteiger partial charge >= 0.3 is 6.18 Å². The molecule has 130 valence electrons. The number of halogens is 3. The maximum atomic E-state index is 12.7. The van der Waals surface area contributed by atoms with Crippen LogP contribution in [0.4, 0.5) is 18.3 Å². The Hall–Kier alpha value is -0.820. The summed E-state index contributed by atoms with van der Waals surface area (Å²) in [7, 11) is 0. The van der Waals surface area contributed by atoms with E-state index in [1.165, 1.54) is 19.3 Å². The molecule has 23 heavy (non-hydrogen) atoms. The van der Waals surface area contributed by atoms with Gasteiger partial charge < -0.3 is 9.80 Å². The Kier molecular flexibility index (Phi) is 5.16. The summed E-state index contributed by atoms with van der Waals surface area (Å²) >= 11 is 0.771. The van der Waals surface area contributed by atoms with Crippen LogP contribution in [0.25, 0.3) is 0 Å². The van der Waals surface area contributed by atoms with Gasteiger partial charge in [-0.25, -0.2) is 4.98 Å². The van der Waals surface area contributed by atoms with Crippen LogP contribution in [-0.2, 0) is 6.18 Å². The highest BCUT2D eigenvalue weighted by molar-refractivity contribution is 7.15. The summed E-state index contributed by atoms with van der Waals surface area (Å²) in [5.41, 5.74) is 0. The number of aromatic nitrogens is 1. The van der Waals surface area contributed by atoms with Crippen LogP contribution in [-0.4, -0.2) is 42.1 Å². The van der Waals surface area contributed by atoms with Gasteiger partial charge in [0.15, 0.2) is 5.13 Å². The fourth-order valence-corrected chi connectivity index (χ4v) is 4.51. The zero-order chi connectivity index (χ0) is 16.4. The van der Waals surface area contributed by atoms with Crippen molar-refractivity contribution in [3.05, 3.63) is 11.1 Å². The highest BCUT2D eigenvalue weighted by Crippen LogP contribution is 2.37. The standard InChI is InChI=1S/C16H24F3N3S/c1-12-5-2-3-7-21(12)10-13-6-4-8-22(11-13)15-20-9-14(23-15)16(17,18)19/h9,12-13H,2-8,10-11H2,1H3. The molecule has 0 aliphatic carbocycles. The molecule has 2 aliphatic rings. The molecule has 2 saturated heterocycles. The molecule has 1 aromatic heterocycles. The van der Waals surface area contributed by atoms with E-state index in [0.717, 1.165) is 56.6 Å². The van der Waals surface area contributed by atoms with Gasteiger partial charge in [0.25, 0.3) is 0 Å². The molecule has 0 N–H and O–H groups in total. The van der Waals surface area contributed by atoms with Gasteiger partial charge in [0, 0.05) is 25.7 Å². The maximum Gasteiger partial charge on any atom is 0.427 e. The molecule has 2 fully saturated rings. The molecule has 3 heterocycles. The maximum absolute atomic E-state index is 12.7. The first-order valence-corrected chi connectivity index (χ1v) is 9.27. The van der Waals surface area contributed by atoms with Gasteiger partial charge in [0.05, 0.1) is 6.20 Å². The minimum Gasteiger partial charge on any atom is -0.348 e. The third kappa shape index (κ3) is 4.18. The highest BCUT2D eigenvalue weighted by atomic mass is 32.1. The van der Waals surface area contributed by atoms with Crippen molar-refractivity contribution in [2.24, 2.45) is 5.92 Å². The van der Waals surface area contributed by atoms with E-state index in [0.29, 0.717) is 17.1 Å². The minimum absolute atomic E-state index is 0.522. The van der Waals surface area contributed by atoms with Gasteiger partial charge in [0.2, 0.25) is 0 Å². The quantitative estimate of drug-likeness (QED) is 0.815. The topological polar surface area (TPSA) is 19.4 Å². The number of alkyl halides is 3. The lowest BCUT2D eigenvalue weighted by molar-refractivity contribution is -0.134. The van der Waals surface area contributed by atoms with Gasteiger partial charge in [-0.15, -0.1) is 0 Å². The molecular formula is C16H24F3N3S. The number of piperidine rings is 2. The largest absolute Gasteiger partial charge is 0.427 e. The number of hydrogen-bond acceptors (Lipinski definition) is 4. The monoisotopic (exact) mass is 347 g/mol. The molecule has 0 amide bonds. The molecule has 0 bridgehead atoms. The summed E-state index contributed by atoms with van der Waals surface area (Å²) in [6.07, 6.45) is 2.73. The predicted octanol–water partition coefficient (Wildman–Crippen LogP) is 4.25. The molecular weight excluding hydrogens is 323 g/mol. The van der Waals surface area contributed by atoms with E-state index in [4.69, 9.17) is 0 Å². The molecule has 0 saturated carbocycles. The molecule has 0 spiro atoms. The number of anilines is 1. The molecule has 7 heteroatoms. The summed E-state index contributed by atoms with van der Waals surface area (Å²) in [4.78, 5) is 8.02. The molecule has 2 aliphatic heterocycles. The third-order valence-electron chi connectivity index (χ3n) is 5.00. The normalized spacial score (nSPS) is 27.4. The number of nitrogens with zero attached hydrogens (tertiary/aromatic N) is 3. The summed E-state index contributed by atoms with van der Waals surface area (Å²) in [6.45, 7) is 6.16. The zero-order valence-corrected chi connectivity index (χ0v) is 14.3. The van der Waals surface area contributed by atoms with E-state index in [2.05, 4.69) is 16.8 Å². The van der Waals surface area contributed by atoms with Crippen molar-refractivity contribution in [2.45, 2.75) is 51.2 Å². The van der Waals surface area contributed by atoms with Gasteiger partial charge in [0.1, 0.15) is 4.88 Å². The number of likely N-dealkylation sites (tertiary alicyclic amines) is 1. The van der Waals surface area contributed by atoms with Crippen LogP contribution in [0.15, 0.2) is 6.20 Å². The second-order valence-corrected chi connectivity index (χ2v) is 7.81. The Morgan fingerprint density at radius 2 is 2.04 bits per heavy atom. The van der Waals surface area contributed by atoms with Crippen molar-refractivity contribution in [3.63, 3.8) is 0 Å². The number of rotatable bonds is 3. The Bertz CT molecular complexity index is 517. The number of thiazole rings is 1. The second-order valence-electron chi connectivity index (χ2n) is 6.80. The minimum atomic E-state index is -4.28. The van der Waals surface area contributed by atoms with Crippen LogP contribution in [0, 0.1) is 5.92 Å². The fraction of sp³-hybridized carbons (Fsp3) is 0.812. The fourth-order valence-electron chi connectivity index (χ4n) is 3.69. The zero-order valence-electron chi connectivity index (χ0n) is 13.5. The Labute approximate surface area is 139 Å². The van der Waals surface area contributed by atoms with Crippen LogP contribution in [0.3, 0.4) is 0 Å². The van der Waals surface area contributed by atoms with Gasteiger partial charge in [-0.2, -0.15) is 13.2 Å². The van der Waals surface area contributed by atoms with Gasteiger partial charge in [-0.3, -0.25) is 0 Å². The Morgan fingerprint density at radius 1 is 1.22 bits per heavy atom. The first kappa shape index (κ1) is 17.0. The van der Waals surface area contributed by atoms with Crippen molar-refractivity contribution in [1.82, 2.24) is 9.88 Å². The van der Waals surface area contributed by atoms with Crippen LogP contribution in [0.5, 0.6) is 0 Å². The van der Waals surface area contributed by atoms with Crippen molar-refractivity contribution in [3.8, 4) is 0 Å². The lowest BCUT2D eigenvalue weighted by atomic mass is 9.95. The van der Waals surface area contributed by atoms with Gasteiger partial charge in [-0.05, 0) is 45.1 Å². The predicted molar refractivity (Wildman–Crippen MR) is 86.9 cm³/mol. The molecule has 0 aromatic carbocycles. The molecule has 3 rings (SSSR count). The van der Waals surface area contributed by atoms with E-state index in [1.807, 2.05) is 4.90 Å². The van der Waals surface area contributed by atoms with Crippen LogP contribution < -0.4 is 4.90 Å². The van der Waals surface area contributed by atoms with Crippen LogP contribution in [0.2, 0.25) is 0 Å². The van der Waals surface area contributed by atoms with Crippen molar-refractivity contribution in [2.75, 3.05) is 31.1 Å². The lowest BCUT2D eigenvalue weighted by Gasteiger charge is -2.39. The van der Waals surface area contributed by atoms with Gasteiger partial charge in [-0.1, -0.05) is 17.8 Å². The van der Waals surface area contributed by atoms with Crippen molar-refractivity contribution in [1.29, 1.82) is 0 Å². The first-order chi connectivity index (χ1) is 10.9. The summed E-state index contributed by atoms with van der Waals surface area (Å²) in [5.74, 6) is 0.530. The summed E-state index contributed by atoms with van der Waals surface area (Å²) < 4.78 is 38.2. The van der Waals surface area contributed by atoms with Crippen molar-refractivity contribution >= 4 is 16.5 Å². The Morgan fingerprint density at radius 3 is 2.74 bits per heavy atom. The molecule has 2 unspecified atom stereocenters. The number of hydrogen-bond donors (Lipinski definition) is 0. The van der Waals surface area contributed by atoms with Crippen LogP contribution in [0.1, 0.15) is 43.9 Å². The van der Waals surface area contributed by atoms with E-state index in [1.54, 1.807) is 0 Å². The average molecular weight is 347 g/mol. The van der Waals surface area contributed by atoms with Crippen LogP contribution >= 0.6 is 11.3 Å². The highest BCUT2D eigenvalue weighted by Gasteiger charge is 2.34. The van der Waals surface area contributed by atoms with E-state index >= 15 is 0 Å². The smallest absolute Gasteiger partial charge is 0.348 e. The first-order valence-electron chi connectivity index (χ1n) is 8.45. The summed E-state index contributed by atoms with van der Waals surface area (Å²) in [6, 6.07) is 0.635. The molecule has 0 radical (unpaired) electrons. The van der Waals surface area contributed by atoms with E-state index in [-0.39, 0.29) is 0 Å². The lowest BCUT2D eigenvalue weighted by Crippen LogP contribution is -2.45. The van der Waals surface area contributed by atoms with Crippen molar-refractivity contribution < 1.29 is 13.2 Å². The molecule has 3 nitrogen and oxygen atoms in total.